The lowest BCUT2D eigenvalue weighted by atomic mass is 10.2. The molecule has 1 atom stereocenters. The SMILES string of the molecule is O=C(Cn1ncn(-c2ccccc2)c1=S)N/N=C/c1ccc(OC(=O)CC2SC(=O)NC2=O)cc1. The number of carbonyl (C=O) groups excluding carboxylic acids is 4. The van der Waals surface area contributed by atoms with Gasteiger partial charge in [-0.3, -0.25) is 29.1 Å². The van der Waals surface area contributed by atoms with Crippen molar-refractivity contribution in [3.63, 3.8) is 0 Å². The molecule has 13 heteroatoms. The summed E-state index contributed by atoms with van der Waals surface area (Å²) in [5.74, 6) is -1.27. The van der Waals surface area contributed by atoms with E-state index in [0.717, 1.165) is 17.4 Å². The van der Waals surface area contributed by atoms with E-state index >= 15 is 0 Å². The van der Waals surface area contributed by atoms with Crippen LogP contribution < -0.4 is 15.5 Å². The van der Waals surface area contributed by atoms with Crippen molar-refractivity contribution in [3.8, 4) is 11.4 Å². The number of para-hydroxylation sites is 1. The van der Waals surface area contributed by atoms with Gasteiger partial charge in [0.15, 0.2) is 0 Å². The summed E-state index contributed by atoms with van der Waals surface area (Å²) in [7, 11) is 0. The minimum atomic E-state index is -0.785. The second-order valence-corrected chi connectivity index (χ2v) is 8.74. The lowest BCUT2D eigenvalue weighted by Crippen LogP contribution is -2.27. The Balaban J connectivity index is 1.26. The zero-order valence-electron chi connectivity index (χ0n) is 18.0. The molecule has 35 heavy (non-hydrogen) atoms. The maximum atomic E-state index is 12.2. The van der Waals surface area contributed by atoms with E-state index in [9.17, 15) is 19.2 Å². The molecule has 4 rings (SSSR count). The van der Waals surface area contributed by atoms with Gasteiger partial charge in [-0.2, -0.15) is 10.2 Å². The Kier molecular flexibility index (Phi) is 7.48. The number of thioether (sulfide) groups is 1. The van der Waals surface area contributed by atoms with Gasteiger partial charge in [0.25, 0.3) is 11.1 Å². The number of benzene rings is 2. The molecule has 1 aliphatic rings. The summed E-state index contributed by atoms with van der Waals surface area (Å²) in [5.41, 5.74) is 3.90. The Bertz CT molecular complexity index is 1350. The molecule has 0 bridgehead atoms. The molecule has 2 N–H and O–H groups in total. The van der Waals surface area contributed by atoms with Gasteiger partial charge < -0.3 is 4.74 Å². The summed E-state index contributed by atoms with van der Waals surface area (Å²) in [5, 5.41) is 8.92. The third kappa shape index (κ3) is 6.28. The highest BCUT2D eigenvalue weighted by Gasteiger charge is 2.33. The van der Waals surface area contributed by atoms with Crippen LogP contribution in [0.15, 0.2) is 66.0 Å². The number of amides is 3. The normalized spacial score (nSPS) is 15.3. The van der Waals surface area contributed by atoms with Crippen LogP contribution in [0.1, 0.15) is 12.0 Å². The third-order valence-electron chi connectivity index (χ3n) is 4.69. The first kappa shape index (κ1) is 24.0. The van der Waals surface area contributed by atoms with Crippen LogP contribution in [0, 0.1) is 4.77 Å². The van der Waals surface area contributed by atoms with Gasteiger partial charge in [0, 0.05) is 5.69 Å². The minimum absolute atomic E-state index is 0.103. The monoisotopic (exact) mass is 510 g/mol. The van der Waals surface area contributed by atoms with E-state index in [2.05, 4.69) is 20.9 Å². The highest BCUT2D eigenvalue weighted by atomic mass is 32.2. The number of hydrogen-bond acceptors (Lipinski definition) is 9. The molecule has 0 aliphatic carbocycles. The van der Waals surface area contributed by atoms with E-state index in [1.54, 1.807) is 35.2 Å². The van der Waals surface area contributed by atoms with E-state index in [0.29, 0.717) is 10.3 Å². The van der Waals surface area contributed by atoms with Gasteiger partial charge in [-0.1, -0.05) is 30.0 Å². The van der Waals surface area contributed by atoms with Gasteiger partial charge in [-0.05, 0) is 54.2 Å². The first-order valence-corrected chi connectivity index (χ1v) is 11.5. The molecular formula is C22H18N6O5S2. The summed E-state index contributed by atoms with van der Waals surface area (Å²) in [6, 6.07) is 15.8. The van der Waals surface area contributed by atoms with Crippen molar-refractivity contribution in [2.24, 2.45) is 5.10 Å². The van der Waals surface area contributed by atoms with Gasteiger partial charge in [-0.15, -0.1) is 0 Å². The van der Waals surface area contributed by atoms with E-state index in [4.69, 9.17) is 17.0 Å². The Labute approximate surface area is 208 Å². The van der Waals surface area contributed by atoms with Gasteiger partial charge in [0.05, 0.1) is 12.6 Å². The van der Waals surface area contributed by atoms with E-state index < -0.39 is 28.3 Å². The summed E-state index contributed by atoms with van der Waals surface area (Å²) < 4.78 is 8.65. The molecule has 2 heterocycles. The predicted octanol–water partition coefficient (Wildman–Crippen LogP) is 2.20. The Morgan fingerprint density at radius 3 is 2.60 bits per heavy atom. The Morgan fingerprint density at radius 1 is 1.17 bits per heavy atom. The fraction of sp³-hybridized carbons (Fsp3) is 0.136. The second kappa shape index (κ2) is 10.9. The highest BCUT2D eigenvalue weighted by Crippen LogP contribution is 2.23. The molecule has 2 aromatic carbocycles. The van der Waals surface area contributed by atoms with Crippen LogP contribution in [-0.2, 0) is 20.9 Å². The number of rotatable bonds is 8. The summed E-state index contributed by atoms with van der Waals surface area (Å²) in [6.45, 7) is -0.103. The standard InChI is InChI=1S/C22H18N6O5S2/c29-18(12-28-22(34)27(13-24-28)15-4-2-1-3-5-15)26-23-11-14-6-8-16(9-7-14)33-19(30)10-17-20(31)25-21(32)35-17/h1-9,11,13,17H,10,12H2,(H,26,29)(H,25,31,32)/b23-11+. The number of ether oxygens (including phenoxy) is 1. The van der Waals surface area contributed by atoms with Crippen LogP contribution in [0.2, 0.25) is 0 Å². The number of esters is 1. The number of aromatic nitrogens is 3. The van der Waals surface area contributed by atoms with Crippen LogP contribution in [0.3, 0.4) is 0 Å². The molecule has 1 fully saturated rings. The minimum Gasteiger partial charge on any atom is -0.426 e. The number of hydrazone groups is 1. The largest absolute Gasteiger partial charge is 0.426 e. The van der Waals surface area contributed by atoms with Crippen LogP contribution in [0.5, 0.6) is 5.75 Å². The molecule has 3 aromatic rings. The first-order valence-electron chi connectivity index (χ1n) is 10.2. The average molecular weight is 511 g/mol. The molecular weight excluding hydrogens is 492 g/mol. The zero-order valence-corrected chi connectivity index (χ0v) is 19.6. The smallest absolute Gasteiger partial charge is 0.312 e. The quantitative estimate of drug-likeness (QED) is 0.155. The third-order valence-corrected chi connectivity index (χ3v) is 6.08. The molecule has 1 saturated heterocycles. The molecule has 0 radical (unpaired) electrons. The van der Waals surface area contributed by atoms with Crippen LogP contribution in [-0.4, -0.2) is 48.8 Å². The second-order valence-electron chi connectivity index (χ2n) is 7.20. The molecule has 0 saturated carbocycles. The number of nitrogens with one attached hydrogen (secondary N) is 2. The highest BCUT2D eigenvalue weighted by molar-refractivity contribution is 8.15. The van der Waals surface area contributed by atoms with Crippen molar-refractivity contribution in [3.05, 3.63) is 71.3 Å². The molecule has 0 spiro atoms. The van der Waals surface area contributed by atoms with E-state index in [1.165, 1.54) is 10.9 Å². The van der Waals surface area contributed by atoms with Crippen molar-refractivity contribution in [1.29, 1.82) is 0 Å². The number of carbonyl (C=O) groups is 4. The maximum Gasteiger partial charge on any atom is 0.312 e. The zero-order chi connectivity index (χ0) is 24.8. The first-order chi connectivity index (χ1) is 16.9. The number of hydrogen-bond donors (Lipinski definition) is 2. The van der Waals surface area contributed by atoms with Crippen molar-refractivity contribution in [1.82, 2.24) is 25.1 Å². The fourth-order valence-electron chi connectivity index (χ4n) is 3.04. The van der Waals surface area contributed by atoms with Crippen LogP contribution in [0.4, 0.5) is 4.79 Å². The molecule has 3 amide bonds. The van der Waals surface area contributed by atoms with Crippen molar-refractivity contribution >= 4 is 53.2 Å². The number of imide groups is 1. The van der Waals surface area contributed by atoms with E-state index in [-0.39, 0.29) is 18.7 Å². The van der Waals surface area contributed by atoms with Crippen LogP contribution in [0.25, 0.3) is 5.69 Å². The van der Waals surface area contributed by atoms with Crippen molar-refractivity contribution in [2.75, 3.05) is 0 Å². The molecule has 1 aliphatic heterocycles. The summed E-state index contributed by atoms with van der Waals surface area (Å²) in [4.78, 5) is 46.9. The lowest BCUT2D eigenvalue weighted by molar-refractivity contribution is -0.135. The van der Waals surface area contributed by atoms with Crippen LogP contribution >= 0.6 is 24.0 Å². The number of nitrogens with zero attached hydrogens (tertiary/aromatic N) is 4. The van der Waals surface area contributed by atoms with Crippen molar-refractivity contribution in [2.45, 2.75) is 18.2 Å². The molecule has 1 aromatic heterocycles. The van der Waals surface area contributed by atoms with Gasteiger partial charge >= 0.3 is 5.97 Å². The molecule has 1 unspecified atom stereocenters. The predicted molar refractivity (Wildman–Crippen MR) is 130 cm³/mol. The van der Waals surface area contributed by atoms with Gasteiger partial charge in [-0.25, -0.2) is 10.1 Å². The van der Waals surface area contributed by atoms with Crippen molar-refractivity contribution < 1.29 is 23.9 Å². The van der Waals surface area contributed by atoms with Gasteiger partial charge in [0.2, 0.25) is 10.7 Å². The van der Waals surface area contributed by atoms with E-state index in [1.807, 2.05) is 30.3 Å². The average Bonchev–Trinajstić information content (AvgIpc) is 3.35. The topological polar surface area (TPSA) is 137 Å². The molecule has 11 nitrogen and oxygen atoms in total. The Morgan fingerprint density at radius 2 is 1.91 bits per heavy atom. The van der Waals surface area contributed by atoms with Gasteiger partial charge in [0.1, 0.15) is 23.9 Å². The summed E-state index contributed by atoms with van der Waals surface area (Å²) >= 11 is 6.14. The summed E-state index contributed by atoms with van der Waals surface area (Å²) in [6.07, 6.45) is 2.75. The molecule has 178 valence electrons. The Hall–Kier alpha value is -4.10. The fourth-order valence-corrected chi connectivity index (χ4v) is 4.10. The maximum absolute atomic E-state index is 12.2. The lowest BCUT2D eigenvalue weighted by Gasteiger charge is -2.06.